The highest BCUT2D eigenvalue weighted by Crippen LogP contribution is 2.52. The maximum Gasteiger partial charge on any atom is 0.00174 e. The average molecular weight is 201 g/mol. The van der Waals surface area contributed by atoms with Crippen molar-refractivity contribution in [1.29, 1.82) is 0 Å². The molecule has 80 valence electrons. The Labute approximate surface area is 91.9 Å². The summed E-state index contributed by atoms with van der Waals surface area (Å²) in [4.78, 5) is 0. The van der Waals surface area contributed by atoms with Gasteiger partial charge in [-0.15, -0.1) is 0 Å². The summed E-state index contributed by atoms with van der Waals surface area (Å²) in [6, 6.07) is 9.08. The highest BCUT2D eigenvalue weighted by atomic mass is 14.8. The van der Waals surface area contributed by atoms with E-state index in [1.54, 1.807) is 11.1 Å². The van der Waals surface area contributed by atoms with E-state index in [4.69, 9.17) is 0 Å². The van der Waals surface area contributed by atoms with Gasteiger partial charge in [0.2, 0.25) is 0 Å². The fourth-order valence-corrected chi connectivity index (χ4v) is 3.17. The normalized spacial score (nSPS) is 29.1. The molecule has 2 unspecified atom stereocenters. The van der Waals surface area contributed by atoms with Crippen LogP contribution in [0.4, 0.5) is 0 Å². The summed E-state index contributed by atoms with van der Waals surface area (Å²) in [5.74, 6) is 2.64. The fraction of sp³-hybridized carbons (Fsp3) is 0.571. The molecule has 1 aromatic carbocycles. The molecule has 1 heteroatoms. The SMILES string of the molecule is CNCC1CC(C2CC2)c2ccccc21. The molecule has 0 aliphatic heterocycles. The van der Waals surface area contributed by atoms with Crippen molar-refractivity contribution in [3.63, 3.8) is 0 Å². The van der Waals surface area contributed by atoms with E-state index in [0.29, 0.717) is 0 Å². The Morgan fingerprint density at radius 1 is 1.20 bits per heavy atom. The van der Waals surface area contributed by atoms with Crippen LogP contribution in [0.5, 0.6) is 0 Å². The quantitative estimate of drug-likeness (QED) is 0.793. The first-order chi connectivity index (χ1) is 7.40. The summed E-state index contributed by atoms with van der Waals surface area (Å²) in [5.41, 5.74) is 3.27. The molecule has 0 aromatic heterocycles. The molecule has 15 heavy (non-hydrogen) atoms. The Kier molecular flexibility index (Phi) is 2.28. The van der Waals surface area contributed by atoms with Gasteiger partial charge < -0.3 is 5.32 Å². The predicted molar refractivity (Wildman–Crippen MR) is 63.2 cm³/mol. The van der Waals surface area contributed by atoms with Crippen LogP contribution < -0.4 is 5.32 Å². The van der Waals surface area contributed by atoms with Gasteiger partial charge in [-0.3, -0.25) is 0 Å². The minimum atomic E-state index is 0.761. The first-order valence-electron chi connectivity index (χ1n) is 6.13. The van der Waals surface area contributed by atoms with Gasteiger partial charge in [0, 0.05) is 6.54 Å². The van der Waals surface area contributed by atoms with Crippen LogP contribution in [0, 0.1) is 5.92 Å². The van der Waals surface area contributed by atoms with Gasteiger partial charge in [0.05, 0.1) is 0 Å². The van der Waals surface area contributed by atoms with E-state index in [1.807, 2.05) is 0 Å². The van der Waals surface area contributed by atoms with Gasteiger partial charge in [-0.2, -0.15) is 0 Å². The molecule has 0 saturated heterocycles. The first kappa shape index (κ1) is 9.41. The minimum absolute atomic E-state index is 0.761. The van der Waals surface area contributed by atoms with Crippen LogP contribution in [0.3, 0.4) is 0 Å². The highest BCUT2D eigenvalue weighted by molar-refractivity contribution is 5.39. The van der Waals surface area contributed by atoms with E-state index in [0.717, 1.165) is 24.3 Å². The van der Waals surface area contributed by atoms with Crippen molar-refractivity contribution < 1.29 is 0 Å². The van der Waals surface area contributed by atoms with E-state index in [9.17, 15) is 0 Å². The molecule has 2 aliphatic carbocycles. The highest BCUT2D eigenvalue weighted by Gasteiger charge is 2.39. The molecule has 2 aliphatic rings. The van der Waals surface area contributed by atoms with Gasteiger partial charge >= 0.3 is 0 Å². The van der Waals surface area contributed by atoms with Gasteiger partial charge in [-0.25, -0.2) is 0 Å². The molecule has 0 bridgehead atoms. The topological polar surface area (TPSA) is 12.0 Å². The van der Waals surface area contributed by atoms with Crippen LogP contribution in [-0.2, 0) is 0 Å². The molecule has 3 rings (SSSR count). The number of nitrogens with one attached hydrogen (secondary N) is 1. The molecule has 2 atom stereocenters. The lowest BCUT2D eigenvalue weighted by atomic mass is 9.96. The van der Waals surface area contributed by atoms with Gasteiger partial charge in [-0.1, -0.05) is 24.3 Å². The van der Waals surface area contributed by atoms with Crippen LogP contribution in [0.25, 0.3) is 0 Å². The van der Waals surface area contributed by atoms with Gasteiger partial charge in [0.1, 0.15) is 0 Å². The van der Waals surface area contributed by atoms with E-state index >= 15 is 0 Å². The number of likely N-dealkylation sites (N-methyl/N-ethyl adjacent to an activating group) is 1. The smallest absolute Gasteiger partial charge is 0.00174 e. The van der Waals surface area contributed by atoms with Crippen LogP contribution in [0.15, 0.2) is 24.3 Å². The monoisotopic (exact) mass is 201 g/mol. The van der Waals surface area contributed by atoms with Crippen molar-refractivity contribution in [1.82, 2.24) is 5.32 Å². The van der Waals surface area contributed by atoms with E-state index in [1.165, 1.54) is 19.3 Å². The summed E-state index contributed by atoms with van der Waals surface area (Å²) in [5, 5.41) is 3.33. The maximum absolute atomic E-state index is 3.33. The van der Waals surface area contributed by atoms with Crippen molar-refractivity contribution in [2.24, 2.45) is 5.92 Å². The molecule has 1 fully saturated rings. The Balaban J connectivity index is 1.92. The largest absolute Gasteiger partial charge is 0.319 e. The molecular formula is C14H19N. The van der Waals surface area contributed by atoms with Gasteiger partial charge in [0.25, 0.3) is 0 Å². The zero-order valence-electron chi connectivity index (χ0n) is 9.37. The summed E-state index contributed by atoms with van der Waals surface area (Å²) in [7, 11) is 2.06. The number of benzene rings is 1. The Morgan fingerprint density at radius 3 is 2.60 bits per heavy atom. The summed E-state index contributed by atoms with van der Waals surface area (Å²) < 4.78 is 0. The molecule has 1 aromatic rings. The number of hydrogen-bond donors (Lipinski definition) is 1. The minimum Gasteiger partial charge on any atom is -0.319 e. The molecule has 0 heterocycles. The second kappa shape index (κ2) is 3.64. The molecule has 0 spiro atoms. The second-order valence-electron chi connectivity index (χ2n) is 5.06. The second-order valence-corrected chi connectivity index (χ2v) is 5.06. The standard InChI is InChI=1S/C14H19N/c1-15-9-11-8-14(10-6-7-10)13-5-3-2-4-12(11)13/h2-5,10-11,14-15H,6-9H2,1H3. The lowest BCUT2D eigenvalue weighted by Gasteiger charge is -2.10. The van der Waals surface area contributed by atoms with Crippen LogP contribution in [0.2, 0.25) is 0 Å². The zero-order chi connectivity index (χ0) is 10.3. The van der Waals surface area contributed by atoms with Crippen LogP contribution in [0.1, 0.15) is 42.2 Å². The van der Waals surface area contributed by atoms with Crippen molar-refractivity contribution in [2.45, 2.75) is 31.1 Å². The number of rotatable bonds is 3. The lowest BCUT2D eigenvalue weighted by molar-refractivity contribution is 0.525. The first-order valence-corrected chi connectivity index (χ1v) is 6.13. The number of hydrogen-bond acceptors (Lipinski definition) is 1. The van der Waals surface area contributed by atoms with Gasteiger partial charge in [-0.05, 0) is 55.2 Å². The average Bonchev–Trinajstić information content (AvgIpc) is 3.04. The Morgan fingerprint density at radius 2 is 1.93 bits per heavy atom. The zero-order valence-corrected chi connectivity index (χ0v) is 9.37. The molecule has 1 N–H and O–H groups in total. The molecule has 1 nitrogen and oxygen atoms in total. The third-order valence-electron chi connectivity index (χ3n) is 4.02. The van der Waals surface area contributed by atoms with Crippen LogP contribution >= 0.6 is 0 Å². The molecule has 0 radical (unpaired) electrons. The molecule has 0 amide bonds. The summed E-state index contributed by atoms with van der Waals surface area (Å²) in [6.07, 6.45) is 4.31. The van der Waals surface area contributed by atoms with Crippen molar-refractivity contribution in [2.75, 3.05) is 13.6 Å². The third kappa shape index (κ3) is 1.59. The number of fused-ring (bicyclic) bond motifs is 1. The third-order valence-corrected chi connectivity index (χ3v) is 4.02. The maximum atomic E-state index is 3.33. The van der Waals surface area contributed by atoms with E-state index < -0.39 is 0 Å². The lowest BCUT2D eigenvalue weighted by Crippen LogP contribution is -2.15. The van der Waals surface area contributed by atoms with E-state index in [-0.39, 0.29) is 0 Å². The predicted octanol–water partition coefficient (Wildman–Crippen LogP) is 2.89. The fourth-order valence-electron chi connectivity index (χ4n) is 3.17. The summed E-state index contributed by atoms with van der Waals surface area (Å²) in [6.45, 7) is 1.14. The summed E-state index contributed by atoms with van der Waals surface area (Å²) >= 11 is 0. The van der Waals surface area contributed by atoms with Crippen molar-refractivity contribution in [3.8, 4) is 0 Å². The molecular weight excluding hydrogens is 182 g/mol. The Hall–Kier alpha value is -0.820. The Bertz CT molecular complexity index is 354. The van der Waals surface area contributed by atoms with E-state index in [2.05, 4.69) is 36.6 Å². The van der Waals surface area contributed by atoms with Gasteiger partial charge in [0.15, 0.2) is 0 Å². The van der Waals surface area contributed by atoms with Crippen molar-refractivity contribution in [3.05, 3.63) is 35.4 Å². The van der Waals surface area contributed by atoms with Crippen LogP contribution in [-0.4, -0.2) is 13.6 Å². The van der Waals surface area contributed by atoms with Crippen molar-refractivity contribution >= 4 is 0 Å². The molecule has 1 saturated carbocycles.